The average molecular weight is 589 g/mol. The predicted octanol–water partition coefficient (Wildman–Crippen LogP) is 3.83. The molecule has 4 amide bonds. The first-order chi connectivity index (χ1) is 20.5. The first-order valence-corrected chi connectivity index (χ1v) is 15.9. The van der Waals surface area contributed by atoms with Crippen LogP contribution in [0.1, 0.15) is 100 Å². The number of nitrogens with one attached hydrogen (secondary N) is 4. The van der Waals surface area contributed by atoms with E-state index in [1.165, 1.54) is 6.92 Å². The van der Waals surface area contributed by atoms with Gasteiger partial charge in [-0.1, -0.05) is 6.07 Å². The maximum Gasteiger partial charge on any atom is 0.270 e. The Hall–Kier alpha value is -3.69. The smallest absolute Gasteiger partial charge is 0.270 e. The summed E-state index contributed by atoms with van der Waals surface area (Å²) < 4.78 is 1.69. The molecule has 0 unspecified atom stereocenters. The third kappa shape index (κ3) is 6.33. The van der Waals surface area contributed by atoms with E-state index in [4.69, 9.17) is 0 Å². The van der Waals surface area contributed by atoms with E-state index in [2.05, 4.69) is 26.4 Å². The van der Waals surface area contributed by atoms with Crippen LogP contribution in [0.5, 0.6) is 0 Å². The topological polar surface area (TPSA) is 134 Å². The van der Waals surface area contributed by atoms with Crippen LogP contribution in [-0.2, 0) is 26.3 Å². The molecule has 230 valence electrons. The van der Waals surface area contributed by atoms with Gasteiger partial charge in [0.1, 0.15) is 17.8 Å². The standard InChI is InChI=1S/C33H44N6O4/c1-18(2)39-26(14-16-34-39)30(41)37-29(27(20-5-6-20)21-7-8-21)31(42)36-24-11-12-25-23(17-24)13-15-33(25,4)38-32(43)28(22-9-10-22)35-19(3)40/h11-12,14,16-18,20-22,27-29H,5-10,13,15H2,1-4H3,(H,35,40)(H,36,42)(H,37,41)(H,38,43)/t28-,29+,33-/m1/s1. The van der Waals surface area contributed by atoms with Crippen molar-refractivity contribution < 1.29 is 19.2 Å². The Morgan fingerprint density at radius 1 is 0.930 bits per heavy atom. The van der Waals surface area contributed by atoms with Crippen LogP contribution in [0, 0.1) is 23.7 Å². The summed E-state index contributed by atoms with van der Waals surface area (Å²) in [5.74, 6) is 0.422. The summed E-state index contributed by atoms with van der Waals surface area (Å²) in [5.41, 5.74) is 2.69. The van der Waals surface area contributed by atoms with Gasteiger partial charge in [-0.2, -0.15) is 5.10 Å². The number of nitrogens with zero attached hydrogens (tertiary/aromatic N) is 2. The molecule has 4 aliphatic carbocycles. The fourth-order valence-electron chi connectivity index (χ4n) is 7.03. The highest BCUT2D eigenvalue weighted by Crippen LogP contribution is 2.51. The number of rotatable bonds is 12. The van der Waals surface area contributed by atoms with Crippen LogP contribution >= 0.6 is 0 Å². The number of fused-ring (bicyclic) bond motifs is 1. The molecule has 1 aromatic carbocycles. The van der Waals surface area contributed by atoms with Gasteiger partial charge in [0.05, 0.1) is 5.54 Å². The van der Waals surface area contributed by atoms with Gasteiger partial charge in [-0.05, 0) is 125 Å². The molecule has 0 radical (unpaired) electrons. The summed E-state index contributed by atoms with van der Waals surface area (Å²) in [5, 5.41) is 16.6. The van der Waals surface area contributed by atoms with Crippen molar-refractivity contribution in [2.45, 2.75) is 103 Å². The molecule has 3 saturated carbocycles. The van der Waals surface area contributed by atoms with E-state index >= 15 is 0 Å². The Balaban J connectivity index is 1.18. The van der Waals surface area contributed by atoms with Gasteiger partial charge < -0.3 is 21.3 Å². The van der Waals surface area contributed by atoms with Crippen molar-refractivity contribution in [1.82, 2.24) is 25.7 Å². The Morgan fingerprint density at radius 2 is 1.60 bits per heavy atom. The molecule has 0 bridgehead atoms. The maximum absolute atomic E-state index is 13.9. The van der Waals surface area contributed by atoms with Crippen LogP contribution in [0.4, 0.5) is 5.69 Å². The van der Waals surface area contributed by atoms with Gasteiger partial charge in [-0.3, -0.25) is 23.9 Å². The first-order valence-electron chi connectivity index (χ1n) is 15.9. The lowest BCUT2D eigenvalue weighted by molar-refractivity contribution is -0.130. The van der Waals surface area contributed by atoms with Crippen LogP contribution in [0.15, 0.2) is 30.5 Å². The Kier molecular flexibility index (Phi) is 7.81. The molecule has 2 aromatic rings. The van der Waals surface area contributed by atoms with E-state index in [0.29, 0.717) is 23.2 Å². The number of hydrogen-bond donors (Lipinski definition) is 4. The molecule has 0 aliphatic heterocycles. The summed E-state index contributed by atoms with van der Waals surface area (Å²) in [6.07, 6.45) is 9.38. The highest BCUT2D eigenvalue weighted by Gasteiger charge is 2.49. The van der Waals surface area contributed by atoms with E-state index in [-0.39, 0.29) is 41.5 Å². The lowest BCUT2D eigenvalue weighted by atomic mass is 9.88. The molecule has 6 rings (SSSR count). The van der Waals surface area contributed by atoms with Gasteiger partial charge in [0, 0.05) is 24.8 Å². The lowest BCUT2D eigenvalue weighted by Gasteiger charge is -2.30. The van der Waals surface area contributed by atoms with Crippen molar-refractivity contribution in [2.75, 3.05) is 5.32 Å². The van der Waals surface area contributed by atoms with E-state index in [0.717, 1.165) is 62.5 Å². The minimum absolute atomic E-state index is 0.0255. The zero-order chi connectivity index (χ0) is 30.5. The molecule has 10 nitrogen and oxygen atoms in total. The molecule has 4 N–H and O–H groups in total. The Bertz CT molecular complexity index is 1410. The Labute approximate surface area is 253 Å². The summed E-state index contributed by atoms with van der Waals surface area (Å²) >= 11 is 0. The summed E-state index contributed by atoms with van der Waals surface area (Å²) in [7, 11) is 0. The third-order valence-corrected chi connectivity index (χ3v) is 9.67. The predicted molar refractivity (Wildman–Crippen MR) is 162 cm³/mol. The number of hydrogen-bond acceptors (Lipinski definition) is 5. The number of anilines is 1. The van der Waals surface area contributed by atoms with Crippen LogP contribution < -0.4 is 21.3 Å². The van der Waals surface area contributed by atoms with Crippen molar-refractivity contribution in [3.05, 3.63) is 47.3 Å². The maximum atomic E-state index is 13.9. The molecule has 43 heavy (non-hydrogen) atoms. The first kappa shape index (κ1) is 29.4. The largest absolute Gasteiger partial charge is 0.345 e. The number of carbonyl (C=O) groups excluding carboxylic acids is 4. The second-order valence-corrected chi connectivity index (χ2v) is 13.7. The van der Waals surface area contributed by atoms with E-state index in [9.17, 15) is 19.2 Å². The van der Waals surface area contributed by atoms with Crippen molar-refractivity contribution in [3.8, 4) is 0 Å². The molecule has 1 heterocycles. The SMILES string of the molecule is CC(=O)N[C@@H](C(=O)N[C@]1(C)CCc2cc(NC(=O)[C@@H](NC(=O)c3ccnn3C(C)C)C(C3CC3)C3CC3)ccc21)C1CC1. The van der Waals surface area contributed by atoms with Crippen LogP contribution in [0.2, 0.25) is 0 Å². The van der Waals surface area contributed by atoms with Crippen molar-refractivity contribution >= 4 is 29.3 Å². The van der Waals surface area contributed by atoms with Gasteiger partial charge in [-0.15, -0.1) is 0 Å². The van der Waals surface area contributed by atoms with Crippen molar-refractivity contribution in [3.63, 3.8) is 0 Å². The molecule has 0 spiro atoms. The summed E-state index contributed by atoms with van der Waals surface area (Å²) in [6, 6.07) is 6.45. The van der Waals surface area contributed by atoms with E-state index in [1.807, 2.05) is 39.0 Å². The monoisotopic (exact) mass is 588 g/mol. The molecule has 10 heteroatoms. The number of aromatic nitrogens is 2. The fraction of sp³-hybridized carbons (Fsp3) is 0.606. The van der Waals surface area contributed by atoms with Crippen LogP contribution in [0.3, 0.4) is 0 Å². The Morgan fingerprint density at radius 3 is 2.21 bits per heavy atom. The molecule has 0 saturated heterocycles. The summed E-state index contributed by atoms with van der Waals surface area (Å²) in [4.78, 5) is 52.3. The highest BCUT2D eigenvalue weighted by atomic mass is 16.2. The fourth-order valence-corrected chi connectivity index (χ4v) is 7.03. The molecule has 3 fully saturated rings. The van der Waals surface area contributed by atoms with Crippen molar-refractivity contribution in [1.29, 1.82) is 0 Å². The second-order valence-electron chi connectivity index (χ2n) is 13.7. The third-order valence-electron chi connectivity index (χ3n) is 9.67. The van der Waals surface area contributed by atoms with E-state index in [1.54, 1.807) is 16.9 Å². The normalized spacial score (nSPS) is 22.6. The zero-order valence-electron chi connectivity index (χ0n) is 25.6. The van der Waals surface area contributed by atoms with Gasteiger partial charge in [0.25, 0.3) is 5.91 Å². The van der Waals surface area contributed by atoms with Gasteiger partial charge >= 0.3 is 0 Å². The lowest BCUT2D eigenvalue weighted by Crippen LogP contribution is -2.53. The highest BCUT2D eigenvalue weighted by molar-refractivity contribution is 6.01. The molecular formula is C33H44N6O4. The second kappa shape index (κ2) is 11.4. The minimum atomic E-state index is -0.631. The van der Waals surface area contributed by atoms with Crippen LogP contribution in [-0.4, -0.2) is 45.5 Å². The molecular weight excluding hydrogens is 544 g/mol. The molecule has 1 aromatic heterocycles. The van der Waals surface area contributed by atoms with Gasteiger partial charge in [-0.25, -0.2) is 0 Å². The van der Waals surface area contributed by atoms with Crippen molar-refractivity contribution in [2.24, 2.45) is 23.7 Å². The summed E-state index contributed by atoms with van der Waals surface area (Å²) in [6.45, 7) is 7.42. The zero-order valence-corrected chi connectivity index (χ0v) is 25.6. The van der Waals surface area contributed by atoms with E-state index < -0.39 is 17.6 Å². The molecule has 3 atom stereocenters. The quantitative estimate of drug-likeness (QED) is 0.299. The molecule has 4 aliphatic rings. The van der Waals surface area contributed by atoms with Gasteiger partial charge in [0.15, 0.2) is 0 Å². The minimum Gasteiger partial charge on any atom is -0.345 e. The van der Waals surface area contributed by atoms with Crippen LogP contribution in [0.25, 0.3) is 0 Å². The average Bonchev–Trinajstić information content (AvgIpc) is 3.84. The van der Waals surface area contributed by atoms with Gasteiger partial charge in [0.2, 0.25) is 17.7 Å². The number of aryl methyl sites for hydroxylation is 1. The number of amides is 4. The number of benzene rings is 1. The number of carbonyl (C=O) groups is 4.